The topological polar surface area (TPSA) is 54.9 Å². The van der Waals surface area contributed by atoms with E-state index in [2.05, 4.69) is 22.2 Å². The van der Waals surface area contributed by atoms with Gasteiger partial charge >= 0.3 is 0 Å². The number of rotatable bonds is 3. The van der Waals surface area contributed by atoms with Gasteiger partial charge in [-0.25, -0.2) is 9.97 Å². The first-order chi connectivity index (χ1) is 9.11. The van der Waals surface area contributed by atoms with E-state index in [1.807, 2.05) is 6.26 Å². The molecule has 1 heterocycles. The second-order valence-electron chi connectivity index (χ2n) is 4.89. The first-order valence-electron chi connectivity index (χ1n) is 6.49. The van der Waals surface area contributed by atoms with Crippen molar-refractivity contribution in [3.8, 4) is 0 Å². The molecule has 0 saturated heterocycles. The number of carbonyl (C=O) groups is 1. The Hall–Kier alpha value is -0.810. The molecule has 6 heteroatoms. The summed E-state index contributed by atoms with van der Waals surface area (Å²) in [6.45, 7) is 2.18. The highest BCUT2D eigenvalue weighted by Crippen LogP contribution is 2.24. The van der Waals surface area contributed by atoms with Gasteiger partial charge < -0.3 is 5.32 Å². The van der Waals surface area contributed by atoms with Crippen LogP contribution < -0.4 is 5.32 Å². The highest BCUT2D eigenvalue weighted by molar-refractivity contribution is 7.98. The zero-order chi connectivity index (χ0) is 13.8. The van der Waals surface area contributed by atoms with Gasteiger partial charge in [-0.15, -0.1) is 0 Å². The van der Waals surface area contributed by atoms with Crippen LogP contribution in [0.15, 0.2) is 11.4 Å². The Morgan fingerprint density at radius 2 is 2.21 bits per heavy atom. The maximum atomic E-state index is 12.3. The van der Waals surface area contributed by atoms with Crippen LogP contribution in [0.2, 0.25) is 5.02 Å². The number of thioether (sulfide) groups is 1. The van der Waals surface area contributed by atoms with E-state index in [1.165, 1.54) is 37.2 Å². The number of carbonyl (C=O) groups excluding carboxylic acids is 1. The van der Waals surface area contributed by atoms with Crippen molar-refractivity contribution in [2.45, 2.75) is 43.8 Å². The van der Waals surface area contributed by atoms with Crippen LogP contribution in [0, 0.1) is 5.92 Å². The minimum Gasteiger partial charge on any atom is -0.348 e. The molecule has 1 aliphatic carbocycles. The molecule has 2 rings (SSSR count). The number of nitrogens with one attached hydrogen (secondary N) is 1. The van der Waals surface area contributed by atoms with E-state index < -0.39 is 0 Å². The van der Waals surface area contributed by atoms with Gasteiger partial charge in [-0.3, -0.25) is 4.79 Å². The van der Waals surface area contributed by atoms with Crippen LogP contribution in [0.3, 0.4) is 0 Å². The molecule has 4 nitrogen and oxygen atoms in total. The summed E-state index contributed by atoms with van der Waals surface area (Å²) in [5.74, 6) is 0.319. The second-order valence-corrected chi connectivity index (χ2v) is 6.08. The fraction of sp³-hybridized carbons (Fsp3) is 0.615. The lowest BCUT2D eigenvalue weighted by molar-refractivity contribution is 0.0904. The number of hydrogen-bond donors (Lipinski definition) is 1. The van der Waals surface area contributed by atoms with E-state index in [0.29, 0.717) is 16.1 Å². The Labute approximate surface area is 122 Å². The predicted molar refractivity (Wildman–Crippen MR) is 77.7 cm³/mol. The summed E-state index contributed by atoms with van der Waals surface area (Å²) in [6, 6.07) is 0.227. The molecular formula is C13H18ClN3OS. The third kappa shape index (κ3) is 3.60. The van der Waals surface area contributed by atoms with E-state index in [4.69, 9.17) is 11.6 Å². The second kappa shape index (κ2) is 6.57. The van der Waals surface area contributed by atoms with Crippen molar-refractivity contribution in [3.63, 3.8) is 0 Å². The first kappa shape index (κ1) is 14.6. The van der Waals surface area contributed by atoms with Gasteiger partial charge in [-0.1, -0.05) is 43.1 Å². The van der Waals surface area contributed by atoms with Crippen molar-refractivity contribution < 1.29 is 4.79 Å². The lowest BCUT2D eigenvalue weighted by Gasteiger charge is -2.29. The van der Waals surface area contributed by atoms with Crippen molar-refractivity contribution in [1.82, 2.24) is 15.3 Å². The maximum absolute atomic E-state index is 12.3. The Bertz CT molecular complexity index is 469. The Morgan fingerprint density at radius 3 is 2.89 bits per heavy atom. The van der Waals surface area contributed by atoms with Crippen molar-refractivity contribution in [2.75, 3.05) is 6.26 Å². The number of aromatic nitrogens is 2. The summed E-state index contributed by atoms with van der Waals surface area (Å²) in [6.07, 6.45) is 7.97. The van der Waals surface area contributed by atoms with Crippen molar-refractivity contribution in [2.24, 2.45) is 5.92 Å². The maximum Gasteiger partial charge on any atom is 0.271 e. The molecular weight excluding hydrogens is 282 g/mol. The van der Waals surface area contributed by atoms with Crippen LogP contribution in [-0.4, -0.2) is 28.2 Å². The zero-order valence-corrected chi connectivity index (χ0v) is 12.7. The van der Waals surface area contributed by atoms with Crippen molar-refractivity contribution >= 4 is 29.3 Å². The fourth-order valence-corrected chi connectivity index (χ4v) is 2.89. The highest BCUT2D eigenvalue weighted by atomic mass is 35.5. The van der Waals surface area contributed by atoms with Crippen molar-refractivity contribution in [3.05, 3.63) is 16.9 Å². The summed E-state index contributed by atoms with van der Waals surface area (Å²) < 4.78 is 0. The number of nitrogens with zero attached hydrogens (tertiary/aromatic N) is 2. The normalized spacial score (nSPS) is 23.1. The van der Waals surface area contributed by atoms with Gasteiger partial charge in [-0.2, -0.15) is 0 Å². The molecule has 1 saturated carbocycles. The minimum atomic E-state index is -0.193. The number of hydrogen-bond acceptors (Lipinski definition) is 4. The molecule has 2 atom stereocenters. The Balaban J connectivity index is 2.10. The first-order valence-corrected chi connectivity index (χ1v) is 8.09. The minimum absolute atomic E-state index is 0.193. The molecule has 1 aliphatic rings. The highest BCUT2D eigenvalue weighted by Gasteiger charge is 2.24. The van der Waals surface area contributed by atoms with Gasteiger partial charge in [-0.05, 0) is 25.0 Å². The number of amides is 1. The van der Waals surface area contributed by atoms with Crippen LogP contribution in [-0.2, 0) is 0 Å². The van der Waals surface area contributed by atoms with E-state index in [-0.39, 0.29) is 17.6 Å². The molecule has 0 aliphatic heterocycles. The summed E-state index contributed by atoms with van der Waals surface area (Å²) in [5, 5.41) is 3.92. The molecule has 1 fully saturated rings. The van der Waals surface area contributed by atoms with Gasteiger partial charge in [0, 0.05) is 6.04 Å². The van der Waals surface area contributed by atoms with Crippen LogP contribution in [0.25, 0.3) is 0 Å². The zero-order valence-electron chi connectivity index (χ0n) is 11.1. The van der Waals surface area contributed by atoms with E-state index in [0.717, 1.165) is 6.42 Å². The molecule has 104 valence electrons. The van der Waals surface area contributed by atoms with Crippen molar-refractivity contribution in [1.29, 1.82) is 0 Å². The molecule has 19 heavy (non-hydrogen) atoms. The smallest absolute Gasteiger partial charge is 0.271 e. The van der Waals surface area contributed by atoms with E-state index in [1.54, 1.807) is 0 Å². The monoisotopic (exact) mass is 299 g/mol. The number of halogens is 1. The third-order valence-corrected chi connectivity index (χ3v) is 4.39. The summed E-state index contributed by atoms with van der Waals surface area (Å²) in [7, 11) is 0. The van der Waals surface area contributed by atoms with Crippen LogP contribution in [0.4, 0.5) is 0 Å². The third-order valence-electron chi connectivity index (χ3n) is 3.55. The lowest BCUT2D eigenvalue weighted by Crippen LogP contribution is -2.41. The van der Waals surface area contributed by atoms with Crippen LogP contribution >= 0.6 is 23.4 Å². The average Bonchev–Trinajstić information content (AvgIpc) is 2.42. The van der Waals surface area contributed by atoms with Crippen LogP contribution in [0.5, 0.6) is 0 Å². The van der Waals surface area contributed by atoms with E-state index in [9.17, 15) is 4.79 Å². The SMILES string of the molecule is CSc1ncc(Cl)c(C(=O)N[C@@H]2CCCC[C@@H]2C)n1. The molecule has 0 unspecified atom stereocenters. The van der Waals surface area contributed by atoms with Gasteiger partial charge in [0.2, 0.25) is 0 Å². The Kier molecular flexibility index (Phi) is 5.05. The molecule has 1 aromatic heterocycles. The molecule has 0 bridgehead atoms. The van der Waals surface area contributed by atoms with Gasteiger partial charge in [0.15, 0.2) is 10.9 Å². The van der Waals surface area contributed by atoms with Gasteiger partial charge in [0.05, 0.1) is 11.2 Å². The molecule has 1 aromatic rings. The largest absolute Gasteiger partial charge is 0.348 e. The average molecular weight is 300 g/mol. The fourth-order valence-electron chi connectivity index (χ4n) is 2.38. The molecule has 0 spiro atoms. The summed E-state index contributed by atoms with van der Waals surface area (Å²) >= 11 is 7.40. The molecule has 1 N–H and O–H groups in total. The molecule has 0 aromatic carbocycles. The van der Waals surface area contributed by atoms with Crippen LogP contribution in [0.1, 0.15) is 43.1 Å². The van der Waals surface area contributed by atoms with E-state index >= 15 is 0 Å². The lowest BCUT2D eigenvalue weighted by atomic mass is 9.86. The quantitative estimate of drug-likeness (QED) is 0.688. The Morgan fingerprint density at radius 1 is 1.47 bits per heavy atom. The predicted octanol–water partition coefficient (Wildman–Crippen LogP) is 3.16. The summed E-state index contributed by atoms with van der Waals surface area (Å²) in [5.41, 5.74) is 0.277. The summed E-state index contributed by atoms with van der Waals surface area (Å²) in [4.78, 5) is 20.5. The standard InChI is InChI=1S/C13H18ClN3OS/c1-8-5-3-4-6-10(8)16-12(18)11-9(14)7-15-13(17-11)19-2/h7-8,10H,3-6H2,1-2H3,(H,16,18)/t8-,10+/m0/s1. The molecule has 1 amide bonds. The van der Waals surface area contributed by atoms with Gasteiger partial charge in [0.25, 0.3) is 5.91 Å². The molecule has 0 radical (unpaired) electrons. The van der Waals surface area contributed by atoms with Gasteiger partial charge in [0.1, 0.15) is 0 Å².